The summed E-state index contributed by atoms with van der Waals surface area (Å²) >= 11 is 5.84. The van der Waals surface area contributed by atoms with Gasteiger partial charge >= 0.3 is 0 Å². The van der Waals surface area contributed by atoms with Crippen molar-refractivity contribution in [2.24, 2.45) is 0 Å². The highest BCUT2D eigenvalue weighted by atomic mass is 127. The van der Waals surface area contributed by atoms with E-state index in [0.717, 1.165) is 11.1 Å². The number of hydrogen-bond acceptors (Lipinski definition) is 2. The molecular formula is C10H12BrIN2. The molecule has 1 atom stereocenters. The molecule has 1 saturated heterocycles. The molecule has 2 heterocycles. The van der Waals surface area contributed by atoms with Gasteiger partial charge in [-0.15, -0.1) is 0 Å². The van der Waals surface area contributed by atoms with Gasteiger partial charge in [-0.1, -0.05) is 0 Å². The minimum absolute atomic E-state index is 0.662. The fraction of sp³-hybridized carbons (Fsp3) is 0.500. The molecule has 1 aliphatic rings. The van der Waals surface area contributed by atoms with Crippen LogP contribution in [0.5, 0.6) is 0 Å². The molecule has 2 nitrogen and oxygen atoms in total. The van der Waals surface area contributed by atoms with E-state index in [-0.39, 0.29) is 0 Å². The van der Waals surface area contributed by atoms with Gasteiger partial charge in [-0.25, -0.2) is 4.98 Å². The van der Waals surface area contributed by atoms with Crippen LogP contribution in [0, 0.1) is 3.57 Å². The summed E-state index contributed by atoms with van der Waals surface area (Å²) in [7, 11) is 0. The van der Waals surface area contributed by atoms with Gasteiger partial charge in [0.1, 0.15) is 4.60 Å². The van der Waals surface area contributed by atoms with E-state index in [2.05, 4.69) is 54.9 Å². The third-order valence-corrected chi connectivity index (χ3v) is 5.09. The molecule has 0 aliphatic carbocycles. The average molecular weight is 367 g/mol. The Balaban J connectivity index is 2.26. The number of halogens is 2. The van der Waals surface area contributed by atoms with E-state index >= 15 is 0 Å². The molecular weight excluding hydrogens is 355 g/mol. The Hall–Kier alpha value is 0.320. The fourth-order valence-corrected chi connectivity index (χ4v) is 2.97. The lowest BCUT2D eigenvalue weighted by molar-refractivity contribution is 0.460. The third kappa shape index (κ3) is 2.28. The monoisotopic (exact) mass is 366 g/mol. The zero-order valence-corrected chi connectivity index (χ0v) is 11.5. The maximum Gasteiger partial charge on any atom is 0.119 e. The second-order valence-corrected chi connectivity index (χ2v) is 5.38. The molecule has 1 N–H and O–H groups in total. The van der Waals surface area contributed by atoms with Gasteiger partial charge in [0.15, 0.2) is 0 Å². The first-order chi connectivity index (χ1) is 6.79. The lowest BCUT2D eigenvalue weighted by atomic mass is 9.92. The summed E-state index contributed by atoms with van der Waals surface area (Å²) in [6.07, 6.45) is 4.45. The topological polar surface area (TPSA) is 24.9 Å². The lowest BCUT2D eigenvalue weighted by Crippen LogP contribution is -2.28. The predicted molar refractivity (Wildman–Crippen MR) is 69.5 cm³/mol. The largest absolute Gasteiger partial charge is 0.316 e. The van der Waals surface area contributed by atoms with Crippen LogP contribution in [-0.2, 0) is 0 Å². The average Bonchev–Trinajstić information content (AvgIpc) is 2.23. The quantitative estimate of drug-likeness (QED) is 0.610. The van der Waals surface area contributed by atoms with Crippen molar-refractivity contribution in [2.75, 3.05) is 13.1 Å². The van der Waals surface area contributed by atoms with E-state index in [1.165, 1.54) is 28.5 Å². The molecule has 76 valence electrons. The predicted octanol–water partition coefficient (Wildman–Crippen LogP) is 2.92. The van der Waals surface area contributed by atoms with Gasteiger partial charge < -0.3 is 5.32 Å². The van der Waals surface area contributed by atoms with Gasteiger partial charge in [0.2, 0.25) is 0 Å². The standard InChI is InChI=1S/C10H12BrIN2/c11-10-9(12)8(3-5-14-10)7-2-1-4-13-6-7/h3,5,7,13H,1-2,4,6H2. The van der Waals surface area contributed by atoms with Gasteiger partial charge in [-0.05, 0) is 75.5 Å². The van der Waals surface area contributed by atoms with Gasteiger partial charge in [0.25, 0.3) is 0 Å². The van der Waals surface area contributed by atoms with Crippen molar-refractivity contribution in [3.63, 3.8) is 0 Å². The van der Waals surface area contributed by atoms with Crippen LogP contribution in [0.4, 0.5) is 0 Å². The van der Waals surface area contributed by atoms with Crippen LogP contribution in [0.25, 0.3) is 0 Å². The van der Waals surface area contributed by atoms with Crippen LogP contribution in [0.1, 0.15) is 24.3 Å². The molecule has 0 radical (unpaired) electrons. The Morgan fingerprint density at radius 2 is 2.43 bits per heavy atom. The van der Waals surface area contributed by atoms with Gasteiger partial charge in [-0.2, -0.15) is 0 Å². The molecule has 0 saturated carbocycles. The summed E-state index contributed by atoms with van der Waals surface area (Å²) < 4.78 is 2.24. The van der Waals surface area contributed by atoms with Crippen LogP contribution >= 0.6 is 38.5 Å². The highest BCUT2D eigenvalue weighted by Gasteiger charge is 2.18. The number of piperidine rings is 1. The fourth-order valence-electron chi connectivity index (χ4n) is 1.86. The van der Waals surface area contributed by atoms with Crippen LogP contribution < -0.4 is 5.32 Å². The first-order valence-electron chi connectivity index (χ1n) is 4.79. The van der Waals surface area contributed by atoms with Crippen molar-refractivity contribution in [1.82, 2.24) is 10.3 Å². The Bertz CT molecular complexity index is 324. The molecule has 1 aromatic heterocycles. The number of hydrogen-bond donors (Lipinski definition) is 1. The van der Waals surface area contributed by atoms with Crippen LogP contribution in [0.2, 0.25) is 0 Å². The summed E-state index contributed by atoms with van der Waals surface area (Å²) in [6.45, 7) is 2.27. The van der Waals surface area contributed by atoms with E-state index in [9.17, 15) is 0 Å². The van der Waals surface area contributed by atoms with E-state index < -0.39 is 0 Å². The molecule has 0 aromatic carbocycles. The molecule has 1 fully saturated rings. The number of rotatable bonds is 1. The van der Waals surface area contributed by atoms with Crippen molar-refractivity contribution in [3.05, 3.63) is 26.0 Å². The van der Waals surface area contributed by atoms with Crippen LogP contribution in [0.3, 0.4) is 0 Å². The zero-order chi connectivity index (χ0) is 9.97. The zero-order valence-electron chi connectivity index (χ0n) is 7.76. The molecule has 2 rings (SSSR count). The smallest absolute Gasteiger partial charge is 0.119 e. The highest BCUT2D eigenvalue weighted by molar-refractivity contribution is 14.1. The first kappa shape index (κ1) is 10.8. The van der Waals surface area contributed by atoms with Crippen LogP contribution in [-0.4, -0.2) is 18.1 Å². The second-order valence-electron chi connectivity index (χ2n) is 3.55. The Labute approximate surface area is 106 Å². The molecule has 4 heteroatoms. The maximum atomic E-state index is 4.22. The maximum absolute atomic E-state index is 4.22. The second kappa shape index (κ2) is 4.90. The van der Waals surface area contributed by atoms with E-state index in [1.807, 2.05) is 6.20 Å². The normalized spacial score (nSPS) is 22.3. The van der Waals surface area contributed by atoms with Gasteiger partial charge in [0.05, 0.1) is 0 Å². The minimum atomic E-state index is 0.662. The molecule has 1 aliphatic heterocycles. The highest BCUT2D eigenvalue weighted by Crippen LogP contribution is 2.30. The van der Waals surface area contributed by atoms with Crippen molar-refractivity contribution < 1.29 is 0 Å². The third-order valence-electron chi connectivity index (χ3n) is 2.61. The number of nitrogens with zero attached hydrogens (tertiary/aromatic N) is 1. The van der Waals surface area contributed by atoms with Crippen molar-refractivity contribution in [3.8, 4) is 0 Å². The number of pyridine rings is 1. The SMILES string of the molecule is Brc1nccc(C2CCCNC2)c1I. The minimum Gasteiger partial charge on any atom is -0.316 e. The van der Waals surface area contributed by atoms with E-state index in [4.69, 9.17) is 0 Å². The summed E-state index contributed by atoms with van der Waals surface area (Å²) in [5, 5.41) is 3.44. The Morgan fingerprint density at radius 3 is 3.14 bits per heavy atom. The molecule has 0 amide bonds. The van der Waals surface area contributed by atoms with E-state index in [1.54, 1.807) is 0 Å². The van der Waals surface area contributed by atoms with E-state index in [0.29, 0.717) is 5.92 Å². The van der Waals surface area contributed by atoms with Crippen molar-refractivity contribution in [1.29, 1.82) is 0 Å². The van der Waals surface area contributed by atoms with Crippen molar-refractivity contribution >= 4 is 38.5 Å². The lowest BCUT2D eigenvalue weighted by Gasteiger charge is -2.24. The van der Waals surface area contributed by atoms with Gasteiger partial charge in [-0.3, -0.25) is 0 Å². The number of nitrogens with one attached hydrogen (secondary N) is 1. The molecule has 0 spiro atoms. The van der Waals surface area contributed by atoms with Crippen molar-refractivity contribution in [2.45, 2.75) is 18.8 Å². The summed E-state index contributed by atoms with van der Waals surface area (Å²) in [5.41, 5.74) is 1.43. The molecule has 14 heavy (non-hydrogen) atoms. The Kier molecular flexibility index (Phi) is 3.79. The molecule has 1 unspecified atom stereocenters. The van der Waals surface area contributed by atoms with Crippen LogP contribution in [0.15, 0.2) is 16.9 Å². The molecule has 1 aromatic rings. The summed E-state index contributed by atoms with van der Waals surface area (Å²) in [4.78, 5) is 4.22. The number of aromatic nitrogens is 1. The summed E-state index contributed by atoms with van der Waals surface area (Å²) in [6, 6.07) is 2.14. The first-order valence-corrected chi connectivity index (χ1v) is 6.67. The summed E-state index contributed by atoms with van der Waals surface area (Å²) in [5.74, 6) is 0.662. The molecule has 0 bridgehead atoms. The van der Waals surface area contributed by atoms with Gasteiger partial charge in [0, 0.05) is 16.3 Å². The Morgan fingerprint density at radius 1 is 1.57 bits per heavy atom.